The minimum atomic E-state index is -0.131. The Morgan fingerprint density at radius 3 is 2.94 bits per heavy atom. The van der Waals surface area contributed by atoms with Crippen LogP contribution in [-0.2, 0) is 11.4 Å². The highest BCUT2D eigenvalue weighted by molar-refractivity contribution is 5.77. The number of hydrogen-bond donors (Lipinski definition) is 2. The first-order valence-corrected chi connectivity index (χ1v) is 5.77. The summed E-state index contributed by atoms with van der Waals surface area (Å²) in [6.45, 7) is 3.93. The molecule has 1 atom stereocenters. The third kappa shape index (κ3) is 4.87. The van der Waals surface area contributed by atoms with Gasteiger partial charge in [-0.25, -0.2) is 0 Å². The molecule has 0 saturated carbocycles. The highest BCUT2D eigenvalue weighted by Crippen LogP contribution is 2.12. The van der Waals surface area contributed by atoms with Crippen LogP contribution in [0, 0.1) is 0 Å². The van der Waals surface area contributed by atoms with Crippen molar-refractivity contribution in [1.29, 1.82) is 0 Å². The molecule has 1 aromatic rings. The first kappa shape index (κ1) is 13.5. The molecule has 0 saturated heterocycles. The number of benzene rings is 1. The first-order chi connectivity index (χ1) is 8.15. The molecular formula is C13H19NO3. The Hall–Kier alpha value is -1.55. The molecule has 94 valence electrons. The van der Waals surface area contributed by atoms with Crippen molar-refractivity contribution in [2.24, 2.45) is 0 Å². The van der Waals surface area contributed by atoms with E-state index in [2.05, 4.69) is 5.32 Å². The Morgan fingerprint density at radius 2 is 2.29 bits per heavy atom. The zero-order valence-electron chi connectivity index (χ0n) is 10.3. The molecule has 0 aliphatic heterocycles. The first-order valence-electron chi connectivity index (χ1n) is 5.77. The van der Waals surface area contributed by atoms with Crippen LogP contribution < -0.4 is 10.1 Å². The van der Waals surface area contributed by atoms with Crippen molar-refractivity contribution in [2.75, 3.05) is 6.61 Å². The van der Waals surface area contributed by atoms with Crippen LogP contribution in [0.15, 0.2) is 24.3 Å². The lowest BCUT2D eigenvalue weighted by molar-refractivity contribution is -0.123. The second-order valence-electron chi connectivity index (χ2n) is 3.97. The maximum atomic E-state index is 11.5. The summed E-state index contributed by atoms with van der Waals surface area (Å²) < 4.78 is 5.33. The summed E-state index contributed by atoms with van der Waals surface area (Å²) in [5.41, 5.74) is 0.768. The summed E-state index contributed by atoms with van der Waals surface area (Å²) in [5.74, 6) is 0.463. The van der Waals surface area contributed by atoms with E-state index in [4.69, 9.17) is 9.84 Å². The van der Waals surface area contributed by atoms with E-state index in [1.807, 2.05) is 13.8 Å². The minimum absolute atomic E-state index is 0.000772. The number of ether oxygens (including phenoxy) is 1. The number of rotatable bonds is 6. The van der Waals surface area contributed by atoms with Gasteiger partial charge in [-0.3, -0.25) is 4.79 Å². The van der Waals surface area contributed by atoms with Crippen LogP contribution in [0.3, 0.4) is 0 Å². The summed E-state index contributed by atoms with van der Waals surface area (Å²) in [4.78, 5) is 11.5. The third-order valence-electron chi connectivity index (χ3n) is 2.47. The van der Waals surface area contributed by atoms with Gasteiger partial charge >= 0.3 is 0 Å². The van der Waals surface area contributed by atoms with Gasteiger partial charge in [0, 0.05) is 6.04 Å². The van der Waals surface area contributed by atoms with Crippen LogP contribution in [0.1, 0.15) is 25.8 Å². The Labute approximate surface area is 102 Å². The van der Waals surface area contributed by atoms with Crippen molar-refractivity contribution in [3.05, 3.63) is 29.8 Å². The maximum absolute atomic E-state index is 11.5. The number of carbonyl (C=O) groups excluding carboxylic acids is 1. The molecule has 1 aromatic carbocycles. The highest BCUT2D eigenvalue weighted by Gasteiger charge is 2.06. The van der Waals surface area contributed by atoms with Gasteiger partial charge in [0.25, 0.3) is 5.91 Å². The van der Waals surface area contributed by atoms with Crippen LogP contribution in [0.25, 0.3) is 0 Å². The minimum Gasteiger partial charge on any atom is -0.484 e. The van der Waals surface area contributed by atoms with Gasteiger partial charge in [0.2, 0.25) is 0 Å². The number of aliphatic hydroxyl groups excluding tert-OH is 1. The normalized spacial score (nSPS) is 11.9. The van der Waals surface area contributed by atoms with Crippen molar-refractivity contribution in [3.63, 3.8) is 0 Å². The van der Waals surface area contributed by atoms with Crippen molar-refractivity contribution >= 4 is 5.91 Å². The van der Waals surface area contributed by atoms with Gasteiger partial charge in [-0.2, -0.15) is 0 Å². The van der Waals surface area contributed by atoms with E-state index >= 15 is 0 Å². The smallest absolute Gasteiger partial charge is 0.258 e. The fourth-order valence-corrected chi connectivity index (χ4v) is 1.30. The van der Waals surface area contributed by atoms with Crippen molar-refractivity contribution in [1.82, 2.24) is 5.32 Å². The standard InChI is InChI=1S/C13H19NO3/c1-3-10(2)14-13(16)9-17-12-6-4-5-11(7-12)8-15/h4-7,10,15H,3,8-9H2,1-2H3,(H,14,16). The van der Waals surface area contributed by atoms with Crippen LogP contribution >= 0.6 is 0 Å². The molecule has 1 rings (SSSR count). The van der Waals surface area contributed by atoms with Gasteiger partial charge in [-0.05, 0) is 31.0 Å². The van der Waals surface area contributed by atoms with Crippen molar-refractivity contribution in [3.8, 4) is 5.75 Å². The topological polar surface area (TPSA) is 58.6 Å². The molecular weight excluding hydrogens is 218 g/mol. The number of hydrogen-bond acceptors (Lipinski definition) is 3. The lowest BCUT2D eigenvalue weighted by atomic mass is 10.2. The van der Waals surface area contributed by atoms with E-state index < -0.39 is 0 Å². The molecule has 0 spiro atoms. The summed E-state index contributed by atoms with van der Waals surface area (Å²) in [5, 5.41) is 11.8. The Morgan fingerprint density at radius 1 is 1.53 bits per heavy atom. The van der Waals surface area contributed by atoms with Crippen LogP contribution in [0.5, 0.6) is 5.75 Å². The fourth-order valence-electron chi connectivity index (χ4n) is 1.30. The van der Waals surface area contributed by atoms with Crippen LogP contribution in [0.2, 0.25) is 0 Å². The zero-order valence-corrected chi connectivity index (χ0v) is 10.3. The number of nitrogens with one attached hydrogen (secondary N) is 1. The quantitative estimate of drug-likeness (QED) is 0.787. The van der Waals surface area contributed by atoms with E-state index in [-0.39, 0.29) is 25.2 Å². The van der Waals surface area contributed by atoms with Crippen molar-refractivity contribution < 1.29 is 14.6 Å². The molecule has 0 aromatic heterocycles. The molecule has 4 heteroatoms. The molecule has 4 nitrogen and oxygen atoms in total. The second kappa shape index (κ2) is 6.91. The van der Waals surface area contributed by atoms with Gasteiger partial charge in [0.15, 0.2) is 6.61 Å². The van der Waals surface area contributed by atoms with E-state index in [9.17, 15) is 4.79 Å². The predicted molar refractivity (Wildman–Crippen MR) is 65.8 cm³/mol. The van der Waals surface area contributed by atoms with Gasteiger partial charge in [0.05, 0.1) is 6.61 Å². The maximum Gasteiger partial charge on any atom is 0.258 e. The van der Waals surface area contributed by atoms with E-state index in [0.29, 0.717) is 5.75 Å². The van der Waals surface area contributed by atoms with Gasteiger partial charge in [-0.1, -0.05) is 19.1 Å². The Kier molecular flexibility index (Phi) is 5.49. The molecule has 1 unspecified atom stereocenters. The molecule has 0 heterocycles. The average molecular weight is 237 g/mol. The van der Waals surface area contributed by atoms with E-state index in [1.165, 1.54) is 0 Å². The highest BCUT2D eigenvalue weighted by atomic mass is 16.5. The lowest BCUT2D eigenvalue weighted by Crippen LogP contribution is -2.35. The molecule has 0 aliphatic carbocycles. The largest absolute Gasteiger partial charge is 0.484 e. The zero-order chi connectivity index (χ0) is 12.7. The van der Waals surface area contributed by atoms with Gasteiger partial charge in [0.1, 0.15) is 5.75 Å². The molecule has 0 aliphatic rings. The fraction of sp³-hybridized carbons (Fsp3) is 0.462. The average Bonchev–Trinajstić information content (AvgIpc) is 2.36. The summed E-state index contributed by atoms with van der Waals surface area (Å²) >= 11 is 0. The molecule has 2 N–H and O–H groups in total. The number of carbonyl (C=O) groups is 1. The number of aliphatic hydroxyl groups is 1. The SMILES string of the molecule is CCC(C)NC(=O)COc1cccc(CO)c1. The van der Waals surface area contributed by atoms with Crippen LogP contribution in [-0.4, -0.2) is 23.7 Å². The Bertz CT molecular complexity index is 365. The Balaban J connectivity index is 2.41. The summed E-state index contributed by atoms with van der Waals surface area (Å²) in [7, 11) is 0. The van der Waals surface area contributed by atoms with Crippen LogP contribution in [0.4, 0.5) is 0 Å². The predicted octanol–water partition coefficient (Wildman–Crippen LogP) is 1.47. The number of amides is 1. The summed E-state index contributed by atoms with van der Waals surface area (Å²) in [6.07, 6.45) is 0.895. The third-order valence-corrected chi connectivity index (χ3v) is 2.47. The summed E-state index contributed by atoms with van der Waals surface area (Å²) in [6, 6.07) is 7.22. The van der Waals surface area contributed by atoms with Crippen molar-refractivity contribution in [2.45, 2.75) is 32.9 Å². The second-order valence-corrected chi connectivity index (χ2v) is 3.97. The monoisotopic (exact) mass is 237 g/mol. The molecule has 17 heavy (non-hydrogen) atoms. The molecule has 0 radical (unpaired) electrons. The molecule has 0 fully saturated rings. The molecule has 1 amide bonds. The van der Waals surface area contributed by atoms with Gasteiger partial charge in [-0.15, -0.1) is 0 Å². The van der Waals surface area contributed by atoms with E-state index in [0.717, 1.165) is 12.0 Å². The lowest BCUT2D eigenvalue weighted by Gasteiger charge is -2.12. The molecule has 0 bridgehead atoms. The van der Waals surface area contributed by atoms with Gasteiger partial charge < -0.3 is 15.2 Å². The van der Waals surface area contributed by atoms with E-state index in [1.54, 1.807) is 24.3 Å².